The van der Waals surface area contributed by atoms with Gasteiger partial charge in [-0.15, -0.1) is 10.2 Å². The molecule has 10 heteroatoms. The number of rotatable bonds is 6. The van der Waals surface area contributed by atoms with Crippen LogP contribution in [0.4, 0.5) is 5.69 Å². The first-order valence-electron chi connectivity index (χ1n) is 9.56. The number of anilines is 1. The van der Waals surface area contributed by atoms with E-state index in [1.165, 1.54) is 11.8 Å². The molecule has 1 aliphatic heterocycles. The van der Waals surface area contributed by atoms with Crippen LogP contribution in [-0.4, -0.2) is 44.6 Å². The summed E-state index contributed by atoms with van der Waals surface area (Å²) in [7, 11) is 0. The second-order valence-electron chi connectivity index (χ2n) is 6.96. The van der Waals surface area contributed by atoms with Crippen LogP contribution >= 0.6 is 27.7 Å². The van der Waals surface area contributed by atoms with Crippen LogP contribution in [0.2, 0.25) is 0 Å². The number of nitrogens with zero attached hydrogens (tertiary/aromatic N) is 4. The van der Waals surface area contributed by atoms with E-state index >= 15 is 0 Å². The fraction of sp³-hybridized carbons (Fsp3) is 0.300. The Hall–Kier alpha value is -2.59. The first-order valence-corrected chi connectivity index (χ1v) is 11.3. The zero-order valence-electron chi connectivity index (χ0n) is 15.9. The monoisotopic (exact) mass is 487 g/mol. The molecule has 1 aromatic carbocycles. The molecule has 0 bridgehead atoms. The normalized spacial score (nSPS) is 15.1. The maximum atomic E-state index is 12.6. The molecule has 2 aliphatic rings. The lowest BCUT2D eigenvalue weighted by atomic mass is 10.2. The summed E-state index contributed by atoms with van der Waals surface area (Å²) in [5, 5.41) is 12.4. The highest BCUT2D eigenvalue weighted by atomic mass is 79.9. The third kappa shape index (κ3) is 4.01. The minimum atomic E-state index is -0.134. The first-order chi connectivity index (χ1) is 14.7. The van der Waals surface area contributed by atoms with Crippen molar-refractivity contribution in [2.75, 3.05) is 24.3 Å². The van der Waals surface area contributed by atoms with Crippen molar-refractivity contribution in [3.05, 3.63) is 41.1 Å². The fourth-order valence-electron chi connectivity index (χ4n) is 3.21. The fourth-order valence-corrected chi connectivity index (χ4v) is 4.43. The topological polar surface area (TPSA) is 91.2 Å². The lowest BCUT2D eigenvalue weighted by Crippen LogP contribution is -2.18. The number of carbonyl (C=O) groups is 1. The highest BCUT2D eigenvalue weighted by Crippen LogP contribution is 2.41. The largest absolute Gasteiger partial charge is 0.486 e. The van der Waals surface area contributed by atoms with Gasteiger partial charge < -0.3 is 14.8 Å². The Morgan fingerprint density at radius 2 is 2.03 bits per heavy atom. The number of amides is 1. The van der Waals surface area contributed by atoms with Gasteiger partial charge in [0.25, 0.3) is 0 Å². The van der Waals surface area contributed by atoms with E-state index in [2.05, 4.69) is 41.0 Å². The molecule has 1 fully saturated rings. The Morgan fingerprint density at radius 3 is 2.77 bits per heavy atom. The van der Waals surface area contributed by atoms with Gasteiger partial charge in [0.1, 0.15) is 13.2 Å². The van der Waals surface area contributed by atoms with Crippen LogP contribution in [0.15, 0.2) is 46.3 Å². The number of aromatic nitrogens is 4. The van der Waals surface area contributed by atoms with Gasteiger partial charge in [-0.1, -0.05) is 11.8 Å². The quantitative estimate of drug-likeness (QED) is 0.526. The first kappa shape index (κ1) is 19.4. The second-order valence-corrected chi connectivity index (χ2v) is 8.76. The molecule has 0 radical (unpaired) electrons. The van der Waals surface area contributed by atoms with Crippen molar-refractivity contribution in [1.82, 2.24) is 19.7 Å². The molecular weight excluding hydrogens is 470 g/mol. The summed E-state index contributed by atoms with van der Waals surface area (Å²) < 4.78 is 14.0. The number of benzene rings is 1. The van der Waals surface area contributed by atoms with Crippen molar-refractivity contribution >= 4 is 39.3 Å². The predicted octanol–water partition coefficient (Wildman–Crippen LogP) is 3.94. The van der Waals surface area contributed by atoms with Crippen LogP contribution in [0.5, 0.6) is 11.5 Å². The van der Waals surface area contributed by atoms with Crippen molar-refractivity contribution in [3.63, 3.8) is 0 Å². The zero-order chi connectivity index (χ0) is 20.5. The molecule has 0 atom stereocenters. The molecule has 1 aliphatic carbocycles. The van der Waals surface area contributed by atoms with Gasteiger partial charge in [0.05, 0.1) is 11.4 Å². The lowest BCUT2D eigenvalue weighted by Gasteiger charge is -2.20. The van der Waals surface area contributed by atoms with Gasteiger partial charge in [-0.2, -0.15) is 0 Å². The van der Waals surface area contributed by atoms with Crippen molar-refractivity contribution in [2.24, 2.45) is 0 Å². The molecule has 1 amide bonds. The van der Waals surface area contributed by atoms with Crippen LogP contribution < -0.4 is 14.8 Å². The number of hydrogen-bond acceptors (Lipinski definition) is 7. The molecule has 154 valence electrons. The molecule has 0 spiro atoms. The minimum absolute atomic E-state index is 0.134. The Bertz CT molecular complexity index is 1090. The van der Waals surface area contributed by atoms with Gasteiger partial charge in [-0.25, -0.2) is 0 Å². The third-order valence-electron chi connectivity index (χ3n) is 4.73. The molecule has 2 aromatic heterocycles. The number of halogens is 1. The van der Waals surface area contributed by atoms with Gasteiger partial charge in [0.2, 0.25) is 5.91 Å². The van der Waals surface area contributed by atoms with E-state index in [1.54, 1.807) is 24.5 Å². The smallest absolute Gasteiger partial charge is 0.234 e. The van der Waals surface area contributed by atoms with Crippen molar-refractivity contribution in [1.29, 1.82) is 0 Å². The molecule has 3 heterocycles. The molecule has 0 saturated heterocycles. The highest BCUT2D eigenvalue weighted by Gasteiger charge is 2.30. The van der Waals surface area contributed by atoms with Crippen LogP contribution in [-0.2, 0) is 4.79 Å². The predicted molar refractivity (Wildman–Crippen MR) is 116 cm³/mol. The van der Waals surface area contributed by atoms with Crippen molar-refractivity contribution in [3.8, 4) is 22.9 Å². The lowest BCUT2D eigenvalue weighted by molar-refractivity contribution is -0.113. The van der Waals surface area contributed by atoms with E-state index in [-0.39, 0.29) is 11.7 Å². The van der Waals surface area contributed by atoms with Crippen LogP contribution in [0.1, 0.15) is 18.9 Å². The SMILES string of the molecule is O=C(CSc1nnc(-c2cccnc2)n1C1CC1)Nc1cc2c(cc1Br)OCCO2. The van der Waals surface area contributed by atoms with E-state index in [0.717, 1.165) is 33.9 Å². The van der Waals surface area contributed by atoms with E-state index < -0.39 is 0 Å². The van der Waals surface area contributed by atoms with E-state index in [9.17, 15) is 4.79 Å². The number of ether oxygens (including phenoxy) is 2. The maximum Gasteiger partial charge on any atom is 0.234 e. The molecule has 3 aromatic rings. The van der Waals surface area contributed by atoms with Gasteiger partial charge in [-0.3, -0.25) is 14.3 Å². The average Bonchev–Trinajstić information content (AvgIpc) is 3.52. The third-order valence-corrected chi connectivity index (χ3v) is 6.33. The number of thioether (sulfide) groups is 1. The van der Waals surface area contributed by atoms with Crippen molar-refractivity contribution in [2.45, 2.75) is 24.0 Å². The van der Waals surface area contributed by atoms with Crippen LogP contribution in [0.25, 0.3) is 11.4 Å². The molecule has 1 saturated carbocycles. The molecule has 8 nitrogen and oxygen atoms in total. The van der Waals surface area contributed by atoms with Gasteiger partial charge in [0.15, 0.2) is 22.5 Å². The van der Waals surface area contributed by atoms with E-state index in [1.807, 2.05) is 12.1 Å². The number of hydrogen-bond donors (Lipinski definition) is 1. The molecule has 5 rings (SSSR count). The summed E-state index contributed by atoms with van der Waals surface area (Å²) in [5.41, 5.74) is 1.57. The summed E-state index contributed by atoms with van der Waals surface area (Å²) >= 11 is 4.86. The van der Waals surface area contributed by atoms with Crippen LogP contribution in [0.3, 0.4) is 0 Å². The molecule has 0 unspecified atom stereocenters. The number of fused-ring (bicyclic) bond motifs is 1. The summed E-state index contributed by atoms with van der Waals surface area (Å²) in [4.78, 5) is 16.8. The average molecular weight is 488 g/mol. The van der Waals surface area contributed by atoms with Gasteiger partial charge >= 0.3 is 0 Å². The Morgan fingerprint density at radius 1 is 1.23 bits per heavy atom. The number of carbonyl (C=O) groups excluding carboxylic acids is 1. The summed E-state index contributed by atoms with van der Waals surface area (Å²) in [5.74, 6) is 2.18. The zero-order valence-corrected chi connectivity index (χ0v) is 18.3. The maximum absolute atomic E-state index is 12.6. The molecule has 1 N–H and O–H groups in total. The van der Waals surface area contributed by atoms with Crippen LogP contribution in [0, 0.1) is 0 Å². The van der Waals surface area contributed by atoms with Gasteiger partial charge in [0, 0.05) is 40.6 Å². The number of nitrogens with one attached hydrogen (secondary N) is 1. The van der Waals surface area contributed by atoms with Gasteiger partial charge in [-0.05, 0) is 40.9 Å². The van der Waals surface area contributed by atoms with Crippen molar-refractivity contribution < 1.29 is 14.3 Å². The Kier molecular flexibility index (Phi) is 5.34. The summed E-state index contributed by atoms with van der Waals surface area (Å²) in [6, 6.07) is 7.81. The highest BCUT2D eigenvalue weighted by molar-refractivity contribution is 9.10. The summed E-state index contributed by atoms with van der Waals surface area (Å²) in [6.45, 7) is 1.01. The minimum Gasteiger partial charge on any atom is -0.486 e. The molecule has 30 heavy (non-hydrogen) atoms. The Balaban J connectivity index is 1.29. The standard InChI is InChI=1S/C20H18BrN5O3S/c21-14-8-16-17(29-7-6-28-16)9-15(14)23-18(27)11-30-20-25-24-19(26(20)13-3-4-13)12-2-1-5-22-10-12/h1-2,5,8-10,13H,3-4,6-7,11H2,(H,23,27). The second kappa shape index (κ2) is 8.27. The van der Waals surface area contributed by atoms with E-state index in [0.29, 0.717) is 36.4 Å². The molecular formula is C20H18BrN5O3S. The van der Waals surface area contributed by atoms with E-state index in [4.69, 9.17) is 9.47 Å². The summed E-state index contributed by atoms with van der Waals surface area (Å²) in [6.07, 6.45) is 5.70. The Labute approximate surface area is 185 Å². The number of pyridine rings is 1.